The monoisotopic (exact) mass is 256 g/mol. The number of halogens is 2. The molecular weight excluding hydrogens is 238 g/mol. The summed E-state index contributed by atoms with van der Waals surface area (Å²) in [6, 6.07) is 3.07. The van der Waals surface area contributed by atoms with E-state index in [4.69, 9.17) is 5.73 Å². The fraction of sp³-hybridized carbons (Fsp3) is 0.538. The lowest BCUT2D eigenvalue weighted by Gasteiger charge is -2.37. The average molecular weight is 256 g/mol. The minimum atomic E-state index is -0.868. The second kappa shape index (κ2) is 4.82. The maximum absolute atomic E-state index is 13.9. The molecule has 18 heavy (non-hydrogen) atoms. The molecule has 2 rings (SSSR count). The van der Waals surface area contributed by atoms with Gasteiger partial charge in [0, 0.05) is 25.2 Å². The molecule has 0 aliphatic carbocycles. The zero-order valence-corrected chi connectivity index (χ0v) is 10.4. The third-order valence-electron chi connectivity index (χ3n) is 3.54. The summed E-state index contributed by atoms with van der Waals surface area (Å²) in [5.41, 5.74) is 5.06. The number of nitrogens with zero attached hydrogens (tertiary/aromatic N) is 1. The van der Waals surface area contributed by atoms with E-state index in [1.807, 2.05) is 0 Å². The summed E-state index contributed by atoms with van der Waals surface area (Å²) in [6.45, 7) is 2.78. The molecule has 100 valence electrons. The quantitative estimate of drug-likeness (QED) is 0.848. The summed E-state index contributed by atoms with van der Waals surface area (Å²) < 4.78 is 27.5. The maximum atomic E-state index is 13.9. The molecule has 0 amide bonds. The molecule has 1 aromatic carbocycles. The first-order valence-corrected chi connectivity index (χ1v) is 6.09. The summed E-state index contributed by atoms with van der Waals surface area (Å²) in [4.78, 5) is 1.76. The van der Waals surface area contributed by atoms with Gasteiger partial charge in [-0.3, -0.25) is 0 Å². The number of benzene rings is 1. The molecule has 1 heterocycles. The van der Waals surface area contributed by atoms with Crippen LogP contribution in [0.15, 0.2) is 12.1 Å². The van der Waals surface area contributed by atoms with Crippen LogP contribution in [0.25, 0.3) is 0 Å². The highest BCUT2D eigenvalue weighted by molar-refractivity contribution is 5.50. The van der Waals surface area contributed by atoms with E-state index in [-0.39, 0.29) is 17.8 Å². The predicted octanol–water partition coefficient (Wildman–Crippen LogP) is 1.77. The standard InChI is InChI=1S/C13H18F2N2O/c1-13(18)4-6-17(7-5-13)10-3-2-9(8-16)11(14)12(10)15/h2-3,18H,4-8,16H2,1H3. The van der Waals surface area contributed by atoms with E-state index < -0.39 is 17.2 Å². The first-order valence-electron chi connectivity index (χ1n) is 6.09. The van der Waals surface area contributed by atoms with Crippen LogP contribution < -0.4 is 10.6 Å². The SMILES string of the molecule is CC1(O)CCN(c2ccc(CN)c(F)c2F)CC1. The third kappa shape index (κ3) is 2.47. The number of rotatable bonds is 2. The molecule has 0 unspecified atom stereocenters. The van der Waals surface area contributed by atoms with Gasteiger partial charge in [0.1, 0.15) is 0 Å². The molecular formula is C13H18F2N2O. The second-order valence-corrected chi connectivity index (χ2v) is 5.06. The van der Waals surface area contributed by atoms with Crippen LogP contribution in [0.5, 0.6) is 0 Å². The Kier molecular flexibility index (Phi) is 3.54. The van der Waals surface area contributed by atoms with Gasteiger partial charge in [-0.25, -0.2) is 8.78 Å². The molecule has 1 aliphatic heterocycles. The van der Waals surface area contributed by atoms with Gasteiger partial charge in [-0.1, -0.05) is 6.07 Å². The zero-order valence-electron chi connectivity index (χ0n) is 10.4. The number of nitrogens with two attached hydrogens (primary N) is 1. The average Bonchev–Trinajstić information content (AvgIpc) is 2.33. The van der Waals surface area contributed by atoms with Gasteiger partial charge in [-0.05, 0) is 25.8 Å². The number of piperidine rings is 1. The van der Waals surface area contributed by atoms with Gasteiger partial charge < -0.3 is 15.7 Å². The van der Waals surface area contributed by atoms with Crippen LogP contribution in [0.4, 0.5) is 14.5 Å². The largest absolute Gasteiger partial charge is 0.390 e. The topological polar surface area (TPSA) is 49.5 Å². The summed E-state index contributed by atoms with van der Waals surface area (Å²) in [7, 11) is 0. The third-order valence-corrected chi connectivity index (χ3v) is 3.54. The van der Waals surface area contributed by atoms with Crippen molar-refractivity contribution in [3.05, 3.63) is 29.3 Å². The Labute approximate surface area is 105 Å². The molecule has 0 spiro atoms. The molecule has 1 fully saturated rings. The van der Waals surface area contributed by atoms with Crippen molar-refractivity contribution in [2.24, 2.45) is 5.73 Å². The highest BCUT2D eigenvalue weighted by Crippen LogP contribution is 2.29. The smallest absolute Gasteiger partial charge is 0.182 e. The van der Waals surface area contributed by atoms with Crippen molar-refractivity contribution < 1.29 is 13.9 Å². The highest BCUT2D eigenvalue weighted by atomic mass is 19.2. The van der Waals surface area contributed by atoms with E-state index in [0.29, 0.717) is 25.9 Å². The molecule has 0 saturated carbocycles. The molecule has 0 bridgehead atoms. The Balaban J connectivity index is 2.22. The van der Waals surface area contributed by atoms with Gasteiger partial charge in [0.05, 0.1) is 11.3 Å². The van der Waals surface area contributed by atoms with Crippen molar-refractivity contribution in [2.45, 2.75) is 31.9 Å². The van der Waals surface area contributed by atoms with Crippen molar-refractivity contribution in [2.75, 3.05) is 18.0 Å². The lowest BCUT2D eigenvalue weighted by Crippen LogP contribution is -2.42. The molecule has 1 aromatic rings. The van der Waals surface area contributed by atoms with Crippen molar-refractivity contribution in [1.82, 2.24) is 0 Å². The molecule has 0 radical (unpaired) electrons. The lowest BCUT2D eigenvalue weighted by atomic mass is 9.93. The van der Waals surface area contributed by atoms with Gasteiger partial charge in [0.25, 0.3) is 0 Å². The molecule has 1 saturated heterocycles. The summed E-state index contributed by atoms with van der Waals surface area (Å²) in [5, 5.41) is 9.83. The number of anilines is 1. The van der Waals surface area contributed by atoms with E-state index >= 15 is 0 Å². The van der Waals surface area contributed by atoms with E-state index in [2.05, 4.69) is 0 Å². The van der Waals surface area contributed by atoms with Gasteiger partial charge in [-0.2, -0.15) is 0 Å². The Bertz CT molecular complexity index is 439. The van der Waals surface area contributed by atoms with E-state index in [1.165, 1.54) is 6.07 Å². The zero-order chi connectivity index (χ0) is 13.3. The molecule has 0 atom stereocenters. The van der Waals surface area contributed by atoms with Gasteiger partial charge >= 0.3 is 0 Å². The minimum Gasteiger partial charge on any atom is -0.390 e. The lowest BCUT2D eigenvalue weighted by molar-refractivity contribution is 0.0350. The molecule has 3 N–H and O–H groups in total. The Morgan fingerprint density at radius 1 is 1.28 bits per heavy atom. The number of aliphatic hydroxyl groups is 1. The fourth-order valence-electron chi connectivity index (χ4n) is 2.21. The predicted molar refractivity (Wildman–Crippen MR) is 66.3 cm³/mol. The number of hydrogen-bond donors (Lipinski definition) is 2. The van der Waals surface area contributed by atoms with E-state index in [0.717, 1.165) is 0 Å². The summed E-state index contributed by atoms with van der Waals surface area (Å²) in [5.74, 6) is -1.72. The van der Waals surface area contributed by atoms with Gasteiger partial charge in [-0.15, -0.1) is 0 Å². The summed E-state index contributed by atoms with van der Waals surface area (Å²) in [6.07, 6.45) is 1.10. The normalized spacial score (nSPS) is 19.1. The Hall–Kier alpha value is -1.20. The van der Waals surface area contributed by atoms with Crippen molar-refractivity contribution in [1.29, 1.82) is 0 Å². The van der Waals surface area contributed by atoms with Crippen LogP contribution >= 0.6 is 0 Å². The van der Waals surface area contributed by atoms with Crippen LogP contribution in [0.3, 0.4) is 0 Å². The van der Waals surface area contributed by atoms with Crippen molar-refractivity contribution in [3.8, 4) is 0 Å². The van der Waals surface area contributed by atoms with Crippen LogP contribution in [0.1, 0.15) is 25.3 Å². The Morgan fingerprint density at radius 2 is 1.89 bits per heavy atom. The molecule has 3 nitrogen and oxygen atoms in total. The highest BCUT2D eigenvalue weighted by Gasteiger charge is 2.29. The van der Waals surface area contributed by atoms with Crippen LogP contribution in [-0.4, -0.2) is 23.8 Å². The molecule has 5 heteroatoms. The molecule has 0 aromatic heterocycles. The Morgan fingerprint density at radius 3 is 2.44 bits per heavy atom. The first kappa shape index (κ1) is 13.2. The minimum absolute atomic E-state index is 0.0161. The fourth-order valence-corrected chi connectivity index (χ4v) is 2.21. The van der Waals surface area contributed by atoms with E-state index in [9.17, 15) is 13.9 Å². The van der Waals surface area contributed by atoms with Crippen LogP contribution in [-0.2, 0) is 6.54 Å². The number of hydrogen-bond acceptors (Lipinski definition) is 3. The van der Waals surface area contributed by atoms with Crippen molar-refractivity contribution in [3.63, 3.8) is 0 Å². The first-order chi connectivity index (χ1) is 8.44. The van der Waals surface area contributed by atoms with Gasteiger partial charge in [0.15, 0.2) is 11.6 Å². The van der Waals surface area contributed by atoms with Crippen LogP contribution in [0, 0.1) is 11.6 Å². The second-order valence-electron chi connectivity index (χ2n) is 5.06. The van der Waals surface area contributed by atoms with Crippen LogP contribution in [0.2, 0.25) is 0 Å². The van der Waals surface area contributed by atoms with E-state index in [1.54, 1.807) is 17.9 Å². The molecule has 1 aliphatic rings. The van der Waals surface area contributed by atoms with Gasteiger partial charge in [0.2, 0.25) is 0 Å². The maximum Gasteiger partial charge on any atom is 0.182 e. The summed E-state index contributed by atoms with van der Waals surface area (Å²) >= 11 is 0. The van der Waals surface area contributed by atoms with Crippen molar-refractivity contribution >= 4 is 5.69 Å².